The lowest BCUT2D eigenvalue weighted by Crippen LogP contribution is -2.32. The molecule has 6 heteroatoms. The van der Waals surface area contributed by atoms with Gasteiger partial charge < -0.3 is 10.1 Å². The second-order valence-electron chi connectivity index (χ2n) is 9.79. The SMILES string of the molecule is Cc1cccc(CNC(=O)OC(C)(C)C)c1-c1ccc([C@@H](C)N2C(=O)c3ccccc3C2=O)cc1. The molecule has 0 fully saturated rings. The number of fused-ring (bicyclic) bond motifs is 1. The molecule has 4 rings (SSSR count). The summed E-state index contributed by atoms with van der Waals surface area (Å²) in [7, 11) is 0. The van der Waals surface area contributed by atoms with E-state index in [-0.39, 0.29) is 11.8 Å². The molecule has 180 valence electrons. The number of rotatable bonds is 5. The Morgan fingerprint density at radius 3 is 2.09 bits per heavy atom. The fraction of sp³-hybridized carbons (Fsp3) is 0.276. The number of carbonyl (C=O) groups is 3. The Bertz CT molecular complexity index is 1250. The molecule has 1 N–H and O–H groups in total. The van der Waals surface area contributed by atoms with Gasteiger partial charge in [0.15, 0.2) is 0 Å². The smallest absolute Gasteiger partial charge is 0.407 e. The molecule has 0 saturated carbocycles. The van der Waals surface area contributed by atoms with Crippen molar-refractivity contribution in [1.29, 1.82) is 0 Å². The van der Waals surface area contributed by atoms with Gasteiger partial charge in [-0.1, -0.05) is 54.6 Å². The van der Waals surface area contributed by atoms with E-state index in [0.29, 0.717) is 17.7 Å². The largest absolute Gasteiger partial charge is 0.444 e. The van der Waals surface area contributed by atoms with E-state index in [0.717, 1.165) is 27.8 Å². The Labute approximate surface area is 205 Å². The predicted octanol–water partition coefficient (Wildman–Crippen LogP) is 6.04. The summed E-state index contributed by atoms with van der Waals surface area (Å²) in [4.78, 5) is 39.2. The van der Waals surface area contributed by atoms with Crippen LogP contribution in [0, 0.1) is 6.92 Å². The minimum atomic E-state index is -0.564. The van der Waals surface area contributed by atoms with Gasteiger partial charge in [0.25, 0.3) is 11.8 Å². The third-order valence-electron chi connectivity index (χ3n) is 6.08. The molecule has 1 aliphatic heterocycles. The van der Waals surface area contributed by atoms with Gasteiger partial charge in [-0.05, 0) is 74.6 Å². The summed E-state index contributed by atoms with van der Waals surface area (Å²) >= 11 is 0. The monoisotopic (exact) mass is 470 g/mol. The van der Waals surface area contributed by atoms with E-state index < -0.39 is 17.7 Å². The van der Waals surface area contributed by atoms with E-state index in [1.807, 2.05) is 77.1 Å². The molecule has 0 saturated heterocycles. The molecule has 0 aromatic heterocycles. The zero-order chi connectivity index (χ0) is 25.3. The number of ether oxygens (including phenoxy) is 1. The van der Waals surface area contributed by atoms with Gasteiger partial charge in [0, 0.05) is 6.54 Å². The van der Waals surface area contributed by atoms with Gasteiger partial charge in [-0.2, -0.15) is 0 Å². The summed E-state index contributed by atoms with van der Waals surface area (Å²) in [5, 5.41) is 2.84. The van der Waals surface area contributed by atoms with Gasteiger partial charge in [-0.15, -0.1) is 0 Å². The standard InChI is InChI=1S/C29H30N2O4/c1-18-9-8-10-22(17-30-28(34)35-29(3,4)5)25(18)21-15-13-20(14-16-21)19(2)31-26(32)23-11-6-7-12-24(23)27(31)33/h6-16,19H,17H2,1-5H3,(H,30,34)/t19-/m1/s1. The van der Waals surface area contributed by atoms with E-state index in [2.05, 4.69) is 5.32 Å². The maximum absolute atomic E-state index is 12.9. The quantitative estimate of drug-likeness (QED) is 0.461. The first kappa shape index (κ1) is 24.2. The minimum Gasteiger partial charge on any atom is -0.444 e. The van der Waals surface area contributed by atoms with Gasteiger partial charge in [0.05, 0.1) is 17.2 Å². The van der Waals surface area contributed by atoms with Gasteiger partial charge in [0.1, 0.15) is 5.60 Å². The van der Waals surface area contributed by atoms with Crippen molar-refractivity contribution >= 4 is 17.9 Å². The van der Waals surface area contributed by atoms with E-state index in [1.54, 1.807) is 24.3 Å². The fourth-order valence-corrected chi connectivity index (χ4v) is 4.41. The van der Waals surface area contributed by atoms with E-state index >= 15 is 0 Å². The second kappa shape index (κ2) is 9.37. The number of benzene rings is 3. The number of nitrogens with one attached hydrogen (secondary N) is 1. The molecule has 0 aliphatic carbocycles. The van der Waals surface area contributed by atoms with Crippen molar-refractivity contribution in [3.05, 3.63) is 94.5 Å². The van der Waals surface area contributed by atoms with Crippen molar-refractivity contribution in [2.75, 3.05) is 0 Å². The van der Waals surface area contributed by atoms with Crippen LogP contribution in [0.15, 0.2) is 66.7 Å². The Morgan fingerprint density at radius 2 is 1.51 bits per heavy atom. The number of nitrogens with zero attached hydrogens (tertiary/aromatic N) is 1. The highest BCUT2D eigenvalue weighted by atomic mass is 16.6. The highest BCUT2D eigenvalue weighted by Crippen LogP contribution is 2.33. The lowest BCUT2D eigenvalue weighted by Gasteiger charge is -2.23. The van der Waals surface area contributed by atoms with Gasteiger partial charge in [-0.3, -0.25) is 14.5 Å². The summed E-state index contributed by atoms with van der Waals surface area (Å²) in [5.41, 5.74) is 5.26. The Hall–Kier alpha value is -3.93. The highest BCUT2D eigenvalue weighted by Gasteiger charge is 2.38. The number of alkyl carbamates (subject to hydrolysis) is 1. The van der Waals surface area contributed by atoms with Crippen LogP contribution in [-0.2, 0) is 11.3 Å². The summed E-state index contributed by atoms with van der Waals surface area (Å²) in [6.07, 6.45) is -0.463. The van der Waals surface area contributed by atoms with Crippen molar-refractivity contribution in [3.63, 3.8) is 0 Å². The molecule has 1 aliphatic rings. The number of amides is 3. The summed E-state index contributed by atoms with van der Waals surface area (Å²) in [5.74, 6) is -0.534. The summed E-state index contributed by atoms with van der Waals surface area (Å²) in [6.45, 7) is 9.71. The number of hydrogen-bond acceptors (Lipinski definition) is 4. The van der Waals surface area contributed by atoms with Crippen molar-refractivity contribution in [3.8, 4) is 11.1 Å². The molecule has 6 nitrogen and oxygen atoms in total. The Morgan fingerprint density at radius 1 is 0.914 bits per heavy atom. The van der Waals surface area contributed by atoms with E-state index in [9.17, 15) is 14.4 Å². The van der Waals surface area contributed by atoms with Crippen LogP contribution in [0.25, 0.3) is 11.1 Å². The van der Waals surface area contributed by atoms with Crippen molar-refractivity contribution < 1.29 is 19.1 Å². The van der Waals surface area contributed by atoms with Crippen molar-refractivity contribution in [1.82, 2.24) is 10.2 Å². The first-order chi connectivity index (χ1) is 16.6. The van der Waals surface area contributed by atoms with Crippen LogP contribution in [-0.4, -0.2) is 28.4 Å². The van der Waals surface area contributed by atoms with Crippen LogP contribution in [0.3, 0.4) is 0 Å². The minimum absolute atomic E-state index is 0.267. The topological polar surface area (TPSA) is 75.7 Å². The average Bonchev–Trinajstić information content (AvgIpc) is 3.06. The second-order valence-corrected chi connectivity index (χ2v) is 9.79. The molecule has 0 unspecified atom stereocenters. The van der Waals surface area contributed by atoms with Crippen LogP contribution in [0.5, 0.6) is 0 Å². The van der Waals surface area contributed by atoms with Crippen molar-refractivity contribution in [2.45, 2.75) is 52.8 Å². The van der Waals surface area contributed by atoms with Crippen LogP contribution in [0.4, 0.5) is 4.79 Å². The molecule has 1 heterocycles. The zero-order valence-electron chi connectivity index (χ0n) is 20.7. The van der Waals surface area contributed by atoms with Crippen LogP contribution in [0.1, 0.15) is 71.1 Å². The van der Waals surface area contributed by atoms with Gasteiger partial charge >= 0.3 is 6.09 Å². The third kappa shape index (κ3) is 4.97. The highest BCUT2D eigenvalue weighted by molar-refractivity contribution is 6.21. The van der Waals surface area contributed by atoms with Crippen molar-refractivity contribution in [2.24, 2.45) is 0 Å². The molecule has 1 atom stereocenters. The average molecular weight is 471 g/mol. The molecule has 3 amide bonds. The Kier molecular flexibility index (Phi) is 6.48. The molecule has 0 spiro atoms. The first-order valence-corrected chi connectivity index (χ1v) is 11.7. The molecule has 3 aromatic rings. The molecule has 0 radical (unpaired) electrons. The molecule has 0 bridgehead atoms. The number of carbonyl (C=O) groups excluding carboxylic acids is 3. The lowest BCUT2D eigenvalue weighted by atomic mass is 9.93. The summed E-state index contributed by atoms with van der Waals surface area (Å²) < 4.78 is 5.36. The zero-order valence-corrected chi connectivity index (χ0v) is 20.7. The number of aryl methyl sites for hydroxylation is 1. The predicted molar refractivity (Wildman–Crippen MR) is 135 cm³/mol. The Balaban J connectivity index is 1.55. The summed E-state index contributed by atoms with van der Waals surface area (Å²) in [6, 6.07) is 20.4. The first-order valence-electron chi connectivity index (χ1n) is 11.7. The van der Waals surface area contributed by atoms with Crippen LogP contribution >= 0.6 is 0 Å². The number of imide groups is 1. The molecular weight excluding hydrogens is 440 g/mol. The van der Waals surface area contributed by atoms with Gasteiger partial charge in [-0.25, -0.2) is 4.79 Å². The van der Waals surface area contributed by atoms with Crippen LogP contribution < -0.4 is 5.32 Å². The molecule has 3 aromatic carbocycles. The lowest BCUT2D eigenvalue weighted by molar-refractivity contribution is 0.0521. The molecule has 35 heavy (non-hydrogen) atoms. The normalized spacial score (nSPS) is 14.0. The van der Waals surface area contributed by atoms with Crippen LogP contribution in [0.2, 0.25) is 0 Å². The van der Waals surface area contributed by atoms with Gasteiger partial charge in [0.2, 0.25) is 0 Å². The maximum atomic E-state index is 12.9. The third-order valence-corrected chi connectivity index (χ3v) is 6.08. The fourth-order valence-electron chi connectivity index (χ4n) is 4.41. The van der Waals surface area contributed by atoms with E-state index in [4.69, 9.17) is 4.74 Å². The molecular formula is C29H30N2O4. The van der Waals surface area contributed by atoms with E-state index in [1.165, 1.54) is 4.90 Å². The maximum Gasteiger partial charge on any atom is 0.407 e. The number of hydrogen-bond donors (Lipinski definition) is 1.